The van der Waals surface area contributed by atoms with Crippen molar-refractivity contribution in [2.24, 2.45) is 0 Å². The van der Waals surface area contributed by atoms with Gasteiger partial charge in [0.15, 0.2) is 0 Å². The van der Waals surface area contributed by atoms with Gasteiger partial charge >= 0.3 is 0 Å². The predicted octanol–water partition coefficient (Wildman–Crippen LogP) is 3.07. The largest absolute Gasteiger partial charge is 0.341 e. The number of amides is 1. The van der Waals surface area contributed by atoms with Crippen LogP contribution in [0.5, 0.6) is 0 Å². The maximum absolute atomic E-state index is 12.0. The number of carbonyl (C=O) groups is 1. The fourth-order valence-electron chi connectivity index (χ4n) is 1.59. The van der Waals surface area contributed by atoms with E-state index in [2.05, 4.69) is 56.4 Å². The lowest BCUT2D eigenvalue weighted by Crippen LogP contribution is -2.30. The molecule has 2 rings (SSSR count). The first kappa shape index (κ1) is 16.8. The number of carbonyl (C=O) groups excluding carboxylic acids is 1. The van der Waals surface area contributed by atoms with Gasteiger partial charge in [-0.2, -0.15) is 4.37 Å². The molecule has 2 aromatic rings. The fraction of sp³-hybridized carbons (Fsp3) is 0.429. The molecule has 0 saturated heterocycles. The van der Waals surface area contributed by atoms with Gasteiger partial charge in [0.05, 0.1) is 6.54 Å². The van der Waals surface area contributed by atoms with Crippen LogP contribution in [0.1, 0.15) is 26.6 Å². The smallest absolute Gasteiger partial charge is 0.245 e. The number of halogens is 1. The molecule has 0 aliphatic heterocycles. The maximum Gasteiger partial charge on any atom is 0.245 e. The van der Waals surface area contributed by atoms with Crippen LogP contribution >= 0.6 is 27.5 Å². The highest BCUT2D eigenvalue weighted by atomic mass is 79.9. The van der Waals surface area contributed by atoms with Crippen molar-refractivity contribution in [3.05, 3.63) is 28.6 Å². The van der Waals surface area contributed by atoms with E-state index < -0.39 is 0 Å². The van der Waals surface area contributed by atoms with Crippen molar-refractivity contribution in [1.29, 1.82) is 0 Å². The zero-order chi connectivity index (χ0) is 16.3. The van der Waals surface area contributed by atoms with Crippen LogP contribution in [-0.2, 0) is 10.2 Å². The van der Waals surface area contributed by atoms with Gasteiger partial charge in [-0.1, -0.05) is 20.8 Å². The number of nitrogens with zero attached hydrogens (tertiary/aromatic N) is 4. The Morgan fingerprint density at radius 3 is 2.68 bits per heavy atom. The minimum absolute atomic E-state index is 0.0980. The molecule has 0 spiro atoms. The van der Waals surface area contributed by atoms with Crippen LogP contribution in [-0.4, -0.2) is 33.8 Å². The molecule has 2 heterocycles. The number of anilines is 2. The molecule has 118 valence electrons. The van der Waals surface area contributed by atoms with Gasteiger partial charge in [-0.3, -0.25) is 4.79 Å². The molecule has 0 saturated carbocycles. The standard InChI is InChI=1S/C14H18BrN5OS/c1-14(2,3)12-18-13(22-19-12)20(4)8-11(21)17-10-6-5-9(15)7-16-10/h5-7H,8H2,1-4H3,(H,16,17,21). The summed E-state index contributed by atoms with van der Waals surface area (Å²) in [7, 11) is 1.82. The minimum Gasteiger partial charge on any atom is -0.341 e. The third-order valence-corrected chi connectivity index (χ3v) is 4.09. The second kappa shape index (κ2) is 6.70. The Morgan fingerprint density at radius 1 is 1.41 bits per heavy atom. The van der Waals surface area contributed by atoms with E-state index in [4.69, 9.17) is 0 Å². The Balaban J connectivity index is 1.96. The lowest BCUT2D eigenvalue weighted by molar-refractivity contribution is -0.114. The molecule has 8 heteroatoms. The summed E-state index contributed by atoms with van der Waals surface area (Å²) >= 11 is 4.60. The van der Waals surface area contributed by atoms with Crippen molar-refractivity contribution >= 4 is 44.3 Å². The van der Waals surface area contributed by atoms with Crippen LogP contribution in [0.2, 0.25) is 0 Å². The summed E-state index contributed by atoms with van der Waals surface area (Å²) in [5.41, 5.74) is -0.0980. The molecule has 0 aliphatic rings. The Hall–Kier alpha value is -1.54. The van der Waals surface area contributed by atoms with E-state index in [0.717, 1.165) is 15.4 Å². The number of hydrogen-bond donors (Lipinski definition) is 1. The van der Waals surface area contributed by atoms with Crippen LogP contribution in [0.15, 0.2) is 22.8 Å². The van der Waals surface area contributed by atoms with Gasteiger partial charge in [0, 0.05) is 34.7 Å². The van der Waals surface area contributed by atoms with Gasteiger partial charge in [-0.25, -0.2) is 9.97 Å². The van der Waals surface area contributed by atoms with Crippen molar-refractivity contribution < 1.29 is 4.79 Å². The van der Waals surface area contributed by atoms with Crippen LogP contribution < -0.4 is 10.2 Å². The van der Waals surface area contributed by atoms with Crippen LogP contribution in [0.3, 0.4) is 0 Å². The molecule has 0 aromatic carbocycles. The summed E-state index contributed by atoms with van der Waals surface area (Å²) in [4.78, 5) is 22.4. The minimum atomic E-state index is -0.148. The molecule has 1 amide bonds. The predicted molar refractivity (Wildman–Crippen MR) is 92.4 cm³/mol. The Bertz CT molecular complexity index is 650. The van der Waals surface area contributed by atoms with Gasteiger partial charge in [0.2, 0.25) is 11.0 Å². The van der Waals surface area contributed by atoms with Crippen LogP contribution in [0, 0.1) is 0 Å². The number of likely N-dealkylation sites (N-methyl/N-ethyl adjacent to an activating group) is 1. The topological polar surface area (TPSA) is 71.0 Å². The maximum atomic E-state index is 12.0. The monoisotopic (exact) mass is 383 g/mol. The molecule has 0 radical (unpaired) electrons. The molecular weight excluding hydrogens is 366 g/mol. The number of aromatic nitrogens is 3. The lowest BCUT2D eigenvalue weighted by atomic mass is 9.96. The number of rotatable bonds is 4. The molecule has 0 atom stereocenters. The van der Waals surface area contributed by atoms with Crippen molar-refractivity contribution in [2.75, 3.05) is 23.8 Å². The summed E-state index contributed by atoms with van der Waals surface area (Å²) < 4.78 is 5.22. The van der Waals surface area contributed by atoms with E-state index in [9.17, 15) is 4.79 Å². The molecular formula is C14H18BrN5OS. The van der Waals surface area contributed by atoms with Gasteiger partial charge in [-0.15, -0.1) is 0 Å². The molecule has 2 aromatic heterocycles. The van der Waals surface area contributed by atoms with E-state index in [0.29, 0.717) is 5.82 Å². The highest BCUT2D eigenvalue weighted by Gasteiger charge is 2.21. The van der Waals surface area contributed by atoms with Gasteiger partial charge in [-0.05, 0) is 28.1 Å². The number of nitrogens with one attached hydrogen (secondary N) is 1. The highest BCUT2D eigenvalue weighted by molar-refractivity contribution is 9.10. The van der Waals surface area contributed by atoms with Gasteiger partial charge in [0.25, 0.3) is 0 Å². The number of pyridine rings is 1. The first-order chi connectivity index (χ1) is 10.3. The quantitative estimate of drug-likeness (QED) is 0.877. The van der Waals surface area contributed by atoms with E-state index in [1.807, 2.05) is 13.1 Å². The molecule has 0 aliphatic carbocycles. The Morgan fingerprint density at radius 2 is 2.14 bits per heavy atom. The summed E-state index contributed by atoms with van der Waals surface area (Å²) in [6, 6.07) is 3.57. The Kier molecular flexibility index (Phi) is 5.12. The Labute approximate surface area is 142 Å². The summed E-state index contributed by atoms with van der Waals surface area (Å²) in [6.07, 6.45) is 1.64. The van der Waals surface area contributed by atoms with Crippen molar-refractivity contribution in [3.8, 4) is 0 Å². The second-order valence-electron chi connectivity index (χ2n) is 5.92. The summed E-state index contributed by atoms with van der Waals surface area (Å²) in [5, 5.41) is 3.48. The zero-order valence-electron chi connectivity index (χ0n) is 12.9. The van der Waals surface area contributed by atoms with Gasteiger partial charge < -0.3 is 10.2 Å². The molecule has 22 heavy (non-hydrogen) atoms. The zero-order valence-corrected chi connectivity index (χ0v) is 15.3. The van der Waals surface area contributed by atoms with Crippen molar-refractivity contribution in [2.45, 2.75) is 26.2 Å². The molecule has 0 fully saturated rings. The average molecular weight is 384 g/mol. The molecule has 0 unspecified atom stereocenters. The van der Waals surface area contributed by atoms with E-state index in [1.54, 1.807) is 17.2 Å². The average Bonchev–Trinajstić information content (AvgIpc) is 2.91. The van der Waals surface area contributed by atoms with Crippen LogP contribution in [0.4, 0.5) is 10.9 Å². The third-order valence-electron chi connectivity index (χ3n) is 2.79. The van der Waals surface area contributed by atoms with Crippen LogP contribution in [0.25, 0.3) is 0 Å². The van der Waals surface area contributed by atoms with E-state index >= 15 is 0 Å². The van der Waals surface area contributed by atoms with Crippen molar-refractivity contribution in [1.82, 2.24) is 14.3 Å². The molecule has 6 nitrogen and oxygen atoms in total. The SMILES string of the molecule is CN(CC(=O)Nc1ccc(Br)cn1)c1nc(C(C)(C)C)ns1. The van der Waals surface area contributed by atoms with Gasteiger partial charge in [0.1, 0.15) is 11.6 Å². The molecule has 1 N–H and O–H groups in total. The summed E-state index contributed by atoms with van der Waals surface area (Å²) in [5.74, 6) is 1.16. The fourth-order valence-corrected chi connectivity index (χ4v) is 2.64. The number of hydrogen-bond acceptors (Lipinski definition) is 6. The lowest BCUT2D eigenvalue weighted by Gasteiger charge is -2.15. The van der Waals surface area contributed by atoms with E-state index in [-0.39, 0.29) is 17.9 Å². The first-order valence-electron chi connectivity index (χ1n) is 6.72. The normalized spacial score (nSPS) is 11.3. The first-order valence-corrected chi connectivity index (χ1v) is 8.29. The summed E-state index contributed by atoms with van der Waals surface area (Å²) in [6.45, 7) is 6.37. The molecule has 0 bridgehead atoms. The second-order valence-corrected chi connectivity index (χ2v) is 7.56. The highest BCUT2D eigenvalue weighted by Crippen LogP contribution is 2.24. The van der Waals surface area contributed by atoms with Crippen molar-refractivity contribution in [3.63, 3.8) is 0 Å². The van der Waals surface area contributed by atoms with E-state index in [1.165, 1.54) is 11.5 Å². The third kappa shape index (κ3) is 4.48.